The molecule has 64 heavy (non-hydrogen) atoms. The molecule has 7 N–H and O–H groups in total. The Morgan fingerprint density at radius 1 is 0.562 bits per heavy atom. The first-order valence-corrected chi connectivity index (χ1v) is 20.7. The van der Waals surface area contributed by atoms with Gasteiger partial charge in [0.1, 0.15) is 18.7 Å². The number of ether oxygens (including phenoxy) is 1. The summed E-state index contributed by atoms with van der Waals surface area (Å²) in [4.78, 5) is 60.1. The average molecular weight is 965 g/mol. The van der Waals surface area contributed by atoms with E-state index in [-0.39, 0.29) is 69.0 Å². The van der Waals surface area contributed by atoms with E-state index in [2.05, 4.69) is 16.0 Å². The van der Waals surface area contributed by atoms with Gasteiger partial charge in [-0.1, -0.05) is 131 Å². The number of carbonyl (C=O) groups is 5. The molecule has 330 valence electrons. The van der Waals surface area contributed by atoms with Crippen molar-refractivity contribution in [1.82, 2.24) is 5.32 Å². The van der Waals surface area contributed by atoms with Gasteiger partial charge in [-0.15, -0.1) is 12.4 Å². The van der Waals surface area contributed by atoms with Crippen LogP contribution in [0.5, 0.6) is 0 Å². The van der Waals surface area contributed by atoms with Crippen LogP contribution < -0.4 is 21.7 Å². The molecule has 1 aliphatic carbocycles. The number of anilines is 2. The number of hydrogen-bond donors (Lipinski definition) is 6. The minimum absolute atomic E-state index is 0. The molecule has 0 aliphatic heterocycles. The maximum atomic E-state index is 12.6. The highest BCUT2D eigenvalue weighted by molar-refractivity contribution is 6.41. The molecule has 0 radical (unpaired) electrons. The summed E-state index contributed by atoms with van der Waals surface area (Å²) in [5.74, 6) is -3.28. The number of hydrogen-bond acceptors (Lipinski definition) is 7. The Bertz CT molecular complexity index is 2580. The number of carboxylic acid groups (broad SMARTS) is 2. The van der Waals surface area contributed by atoms with Crippen molar-refractivity contribution >= 4 is 100 Å². The number of aliphatic carboxylic acids is 2. The van der Waals surface area contributed by atoms with Crippen LogP contribution in [0, 0.1) is 0 Å². The molecule has 2 unspecified atom stereocenters. The van der Waals surface area contributed by atoms with Crippen LogP contribution in [-0.2, 0) is 27.2 Å². The average Bonchev–Trinajstić information content (AvgIpc) is 3.57. The molecule has 0 heterocycles. The second kappa shape index (κ2) is 22.5. The number of benzene rings is 6. The predicted molar refractivity (Wildman–Crippen MR) is 252 cm³/mol. The van der Waals surface area contributed by atoms with Gasteiger partial charge in [-0.25, -0.2) is 9.59 Å². The first kappa shape index (κ1) is 48.9. The van der Waals surface area contributed by atoms with Crippen molar-refractivity contribution in [2.45, 2.75) is 30.8 Å². The predicted octanol–water partition coefficient (Wildman–Crippen LogP) is 10.4. The first-order chi connectivity index (χ1) is 30.2. The molecule has 6 aromatic carbocycles. The highest BCUT2D eigenvalue weighted by Gasteiger charge is 2.30. The minimum atomic E-state index is -1.21. The first-order valence-electron chi connectivity index (χ1n) is 19.2. The molecule has 6 aromatic rings. The summed E-state index contributed by atoms with van der Waals surface area (Å²) < 4.78 is 5.50. The van der Waals surface area contributed by atoms with Gasteiger partial charge in [0.25, 0.3) is 11.8 Å². The maximum absolute atomic E-state index is 12.6. The van der Waals surface area contributed by atoms with Crippen LogP contribution in [0.2, 0.25) is 20.1 Å². The van der Waals surface area contributed by atoms with Gasteiger partial charge in [0.15, 0.2) is 0 Å². The second-order valence-electron chi connectivity index (χ2n) is 14.2. The minimum Gasteiger partial charge on any atom is -0.480 e. The number of amides is 3. The van der Waals surface area contributed by atoms with Crippen molar-refractivity contribution in [3.05, 3.63) is 187 Å². The lowest BCUT2D eigenvalue weighted by Crippen LogP contribution is -2.42. The van der Waals surface area contributed by atoms with Gasteiger partial charge < -0.3 is 36.6 Å². The standard InChI is InChI=1S/C31H24Cl2N2O5.C16H14Cl2N2O3.ClH/c32-25-10-5-11-26(33)28(25)29(36)34-19-14-12-18(13-15-19)16-27(30(37)38)35-31(39)40-17-24-22-8-3-1-6-20(22)21-7-2-4-9-23(21)24;17-11-2-1-3-12(18)14(11)15(21)20-10-6-4-9(5-7-10)8-13(19)16(22)23;/h1-15,24,27H,16-17H2,(H,34,36)(H,35,39)(H,37,38);1-7,13H,8,19H2,(H,20,21)(H,22,23);1H. The monoisotopic (exact) mass is 962 g/mol. The van der Waals surface area contributed by atoms with Crippen LogP contribution in [0.4, 0.5) is 16.2 Å². The molecule has 7 rings (SSSR count). The molecule has 0 aromatic heterocycles. The van der Waals surface area contributed by atoms with Crippen molar-refractivity contribution < 1.29 is 38.9 Å². The summed E-state index contributed by atoms with van der Waals surface area (Å²) in [7, 11) is 0. The van der Waals surface area contributed by atoms with E-state index in [1.54, 1.807) is 84.9 Å². The normalized spacial score (nSPS) is 12.1. The summed E-state index contributed by atoms with van der Waals surface area (Å²) in [5, 5.41) is 27.4. The molecular weight excluding hydrogens is 926 g/mol. The van der Waals surface area contributed by atoms with E-state index in [0.29, 0.717) is 16.9 Å². The summed E-state index contributed by atoms with van der Waals surface area (Å²) in [6.07, 6.45) is -0.584. The third kappa shape index (κ3) is 12.3. The molecule has 1 aliphatic rings. The Balaban J connectivity index is 0.000000274. The molecule has 0 fully saturated rings. The Morgan fingerprint density at radius 3 is 1.38 bits per heavy atom. The molecule has 0 bridgehead atoms. The summed E-state index contributed by atoms with van der Waals surface area (Å²) in [6.45, 7) is 0.0794. The van der Waals surface area contributed by atoms with E-state index in [4.69, 9.17) is 62.0 Å². The van der Waals surface area contributed by atoms with Crippen molar-refractivity contribution in [1.29, 1.82) is 0 Å². The van der Waals surface area contributed by atoms with E-state index < -0.39 is 41.9 Å². The lowest BCUT2D eigenvalue weighted by molar-refractivity contribution is -0.139. The topological polar surface area (TPSA) is 197 Å². The number of nitrogens with one attached hydrogen (secondary N) is 3. The summed E-state index contributed by atoms with van der Waals surface area (Å²) >= 11 is 24.2. The molecule has 0 saturated heterocycles. The van der Waals surface area contributed by atoms with E-state index in [1.165, 1.54) is 0 Å². The van der Waals surface area contributed by atoms with Crippen LogP contribution in [0.3, 0.4) is 0 Å². The number of carbonyl (C=O) groups excluding carboxylic acids is 3. The molecule has 17 heteroatoms. The largest absolute Gasteiger partial charge is 0.480 e. The van der Waals surface area contributed by atoms with Gasteiger partial charge in [-0.05, 0) is 88.3 Å². The Morgan fingerprint density at radius 2 is 0.969 bits per heavy atom. The van der Waals surface area contributed by atoms with Gasteiger partial charge in [0.2, 0.25) is 0 Å². The van der Waals surface area contributed by atoms with Crippen LogP contribution in [-0.4, -0.2) is 58.7 Å². The SMILES string of the molecule is Cl.NC(Cc1ccc(NC(=O)c2c(Cl)cccc2Cl)cc1)C(=O)O.O=C(NC(Cc1ccc(NC(=O)c2c(Cl)cccc2Cl)cc1)C(=O)O)OCC1c2ccccc2-c2ccccc21. The Kier molecular flexibility index (Phi) is 17.2. The van der Waals surface area contributed by atoms with Gasteiger partial charge in [0, 0.05) is 23.7 Å². The molecule has 3 amide bonds. The fourth-order valence-corrected chi connectivity index (χ4v) is 7.96. The van der Waals surface area contributed by atoms with Crippen LogP contribution in [0.15, 0.2) is 133 Å². The molecule has 0 saturated carbocycles. The highest BCUT2D eigenvalue weighted by Crippen LogP contribution is 2.44. The summed E-state index contributed by atoms with van der Waals surface area (Å²) in [6, 6.07) is 36.7. The lowest BCUT2D eigenvalue weighted by atomic mass is 9.98. The van der Waals surface area contributed by atoms with Crippen molar-refractivity contribution in [3.63, 3.8) is 0 Å². The Labute approximate surface area is 394 Å². The number of nitrogens with two attached hydrogens (primary N) is 1. The molecule has 2 atom stereocenters. The zero-order valence-corrected chi connectivity index (χ0v) is 37.2. The van der Waals surface area contributed by atoms with Gasteiger partial charge in [0.05, 0.1) is 31.2 Å². The van der Waals surface area contributed by atoms with Crippen LogP contribution in [0.1, 0.15) is 48.9 Å². The van der Waals surface area contributed by atoms with E-state index in [1.807, 2.05) is 48.5 Å². The number of alkyl carbamates (subject to hydrolysis) is 1. The fraction of sp³-hybridized carbons (Fsp3) is 0.128. The van der Waals surface area contributed by atoms with Crippen molar-refractivity contribution in [2.75, 3.05) is 17.2 Å². The second-order valence-corrected chi connectivity index (χ2v) is 15.8. The Hall–Kier alpha value is -6.12. The van der Waals surface area contributed by atoms with Crippen LogP contribution >= 0.6 is 58.8 Å². The highest BCUT2D eigenvalue weighted by atomic mass is 35.5. The molecular formula is C47H39Cl5N4O8. The van der Waals surface area contributed by atoms with Gasteiger partial charge >= 0.3 is 18.0 Å². The number of halogens is 5. The lowest BCUT2D eigenvalue weighted by Gasteiger charge is -2.18. The smallest absolute Gasteiger partial charge is 0.407 e. The van der Waals surface area contributed by atoms with Crippen LogP contribution in [0.25, 0.3) is 11.1 Å². The number of carboxylic acids is 2. The van der Waals surface area contributed by atoms with E-state index in [9.17, 15) is 29.1 Å². The zero-order valence-electron chi connectivity index (χ0n) is 33.4. The molecule has 12 nitrogen and oxygen atoms in total. The quantitative estimate of drug-likeness (QED) is 0.0652. The van der Waals surface area contributed by atoms with E-state index in [0.717, 1.165) is 27.8 Å². The van der Waals surface area contributed by atoms with Gasteiger partial charge in [-0.3, -0.25) is 14.4 Å². The fourth-order valence-electron chi connectivity index (χ4n) is 6.82. The molecule has 0 spiro atoms. The number of fused-ring (bicyclic) bond motifs is 3. The number of rotatable bonds is 13. The third-order valence-corrected chi connectivity index (χ3v) is 11.2. The van der Waals surface area contributed by atoms with Gasteiger partial charge in [-0.2, -0.15) is 0 Å². The third-order valence-electron chi connectivity index (χ3n) is 9.95. The van der Waals surface area contributed by atoms with Crippen molar-refractivity contribution in [2.24, 2.45) is 5.73 Å². The van der Waals surface area contributed by atoms with E-state index >= 15 is 0 Å². The maximum Gasteiger partial charge on any atom is 0.407 e. The summed E-state index contributed by atoms with van der Waals surface area (Å²) in [5.41, 5.74) is 12.6. The zero-order chi connectivity index (χ0) is 45.2. The van der Waals surface area contributed by atoms with Crippen molar-refractivity contribution in [3.8, 4) is 11.1 Å².